The molecule has 0 aromatic rings. The van der Waals surface area contributed by atoms with E-state index in [0.717, 1.165) is 12.8 Å². The number of carbonyl (C=O) groups is 2. The lowest BCUT2D eigenvalue weighted by Gasteiger charge is -2.50. The lowest BCUT2D eigenvalue weighted by Crippen LogP contribution is -2.74. The molecule has 0 aromatic carbocycles. The molecule has 20 heavy (non-hydrogen) atoms. The summed E-state index contributed by atoms with van der Waals surface area (Å²) in [6, 6.07) is 0. The molecule has 0 bridgehead atoms. The maximum absolute atomic E-state index is 12.9. The van der Waals surface area contributed by atoms with Crippen molar-refractivity contribution in [3.63, 3.8) is 0 Å². The molecule has 1 N–H and O–H groups in total. The van der Waals surface area contributed by atoms with Gasteiger partial charge in [0, 0.05) is 6.54 Å². The standard InChI is InChI=1S/C16H26N2O2/c1-6-15(4)14(20)18(10-9-11(2)3)16(5,12-7-8-12)13(19)17-15/h9,12H,6-8,10H2,1-5H3,(H,17,19). The Morgan fingerprint density at radius 2 is 1.95 bits per heavy atom. The van der Waals surface area contributed by atoms with Crippen LogP contribution in [0.25, 0.3) is 0 Å². The summed E-state index contributed by atoms with van der Waals surface area (Å²) >= 11 is 0. The monoisotopic (exact) mass is 278 g/mol. The third-order valence-electron chi connectivity index (χ3n) is 4.89. The van der Waals surface area contributed by atoms with Gasteiger partial charge in [-0.25, -0.2) is 0 Å². The summed E-state index contributed by atoms with van der Waals surface area (Å²) in [6.45, 7) is 10.2. The molecule has 2 unspecified atom stereocenters. The number of nitrogens with one attached hydrogen (secondary N) is 1. The van der Waals surface area contributed by atoms with Gasteiger partial charge in [-0.2, -0.15) is 0 Å². The van der Waals surface area contributed by atoms with E-state index in [9.17, 15) is 9.59 Å². The van der Waals surface area contributed by atoms with Gasteiger partial charge in [-0.1, -0.05) is 18.6 Å². The average molecular weight is 278 g/mol. The molecule has 4 nitrogen and oxygen atoms in total. The van der Waals surface area contributed by atoms with Gasteiger partial charge >= 0.3 is 0 Å². The number of amides is 2. The first-order valence-electron chi connectivity index (χ1n) is 7.53. The second kappa shape index (κ2) is 4.90. The number of hydrogen-bond donors (Lipinski definition) is 1. The fourth-order valence-corrected chi connectivity index (χ4v) is 2.90. The summed E-state index contributed by atoms with van der Waals surface area (Å²) in [5.41, 5.74) is -0.279. The van der Waals surface area contributed by atoms with Crippen LogP contribution in [0.3, 0.4) is 0 Å². The van der Waals surface area contributed by atoms with Crippen LogP contribution in [0.15, 0.2) is 11.6 Å². The van der Waals surface area contributed by atoms with Crippen molar-refractivity contribution in [2.24, 2.45) is 5.92 Å². The molecular formula is C16H26N2O2. The Balaban J connectivity index is 2.38. The van der Waals surface area contributed by atoms with Gasteiger partial charge in [0.25, 0.3) is 0 Å². The van der Waals surface area contributed by atoms with Gasteiger partial charge in [0.2, 0.25) is 11.8 Å². The van der Waals surface area contributed by atoms with Crippen molar-refractivity contribution >= 4 is 11.8 Å². The average Bonchev–Trinajstić information content (AvgIpc) is 3.20. The highest BCUT2D eigenvalue weighted by Gasteiger charge is 2.59. The molecular weight excluding hydrogens is 252 g/mol. The highest BCUT2D eigenvalue weighted by atomic mass is 16.2. The minimum atomic E-state index is -0.763. The molecule has 2 atom stereocenters. The lowest BCUT2D eigenvalue weighted by atomic mass is 9.82. The third-order valence-corrected chi connectivity index (χ3v) is 4.89. The molecule has 4 heteroatoms. The second-order valence-corrected chi connectivity index (χ2v) is 6.76. The van der Waals surface area contributed by atoms with Crippen molar-refractivity contribution in [3.05, 3.63) is 11.6 Å². The smallest absolute Gasteiger partial charge is 0.249 e. The molecule has 1 aliphatic carbocycles. The van der Waals surface area contributed by atoms with E-state index in [-0.39, 0.29) is 11.8 Å². The molecule has 0 spiro atoms. The predicted octanol–water partition coefficient (Wildman–Crippen LogP) is 2.25. The molecule has 2 fully saturated rings. The molecule has 2 amide bonds. The summed E-state index contributed by atoms with van der Waals surface area (Å²) in [4.78, 5) is 27.3. The van der Waals surface area contributed by atoms with E-state index in [1.165, 1.54) is 5.57 Å². The highest BCUT2D eigenvalue weighted by Crippen LogP contribution is 2.46. The molecule has 0 radical (unpaired) electrons. The molecule has 1 saturated heterocycles. The maximum atomic E-state index is 12.9. The summed E-state index contributed by atoms with van der Waals surface area (Å²) in [7, 11) is 0. The zero-order valence-electron chi connectivity index (χ0n) is 13.2. The number of rotatable bonds is 4. The van der Waals surface area contributed by atoms with E-state index < -0.39 is 11.1 Å². The van der Waals surface area contributed by atoms with Crippen molar-refractivity contribution < 1.29 is 9.59 Å². The van der Waals surface area contributed by atoms with Gasteiger partial charge in [-0.15, -0.1) is 0 Å². The van der Waals surface area contributed by atoms with Crippen molar-refractivity contribution in [3.8, 4) is 0 Å². The molecule has 1 saturated carbocycles. The Bertz CT molecular complexity index is 463. The minimum Gasteiger partial charge on any atom is -0.340 e. The van der Waals surface area contributed by atoms with Crippen LogP contribution in [0.2, 0.25) is 0 Å². The van der Waals surface area contributed by atoms with Crippen molar-refractivity contribution in [2.75, 3.05) is 6.54 Å². The summed E-state index contributed by atoms with van der Waals surface area (Å²) in [6.07, 6.45) is 4.72. The quantitative estimate of drug-likeness (QED) is 0.802. The summed E-state index contributed by atoms with van der Waals surface area (Å²) < 4.78 is 0. The first kappa shape index (κ1) is 15.1. The van der Waals surface area contributed by atoms with E-state index in [1.54, 1.807) is 4.90 Å². The number of allylic oxidation sites excluding steroid dienone is 1. The number of carbonyl (C=O) groups excluding carboxylic acids is 2. The first-order valence-corrected chi connectivity index (χ1v) is 7.53. The van der Waals surface area contributed by atoms with E-state index in [2.05, 4.69) is 5.32 Å². The molecule has 2 rings (SSSR count). The molecule has 112 valence electrons. The minimum absolute atomic E-state index is 0.00565. The molecule has 1 aliphatic heterocycles. The van der Waals surface area contributed by atoms with Crippen LogP contribution in [-0.2, 0) is 9.59 Å². The normalized spacial score (nSPS) is 34.0. The topological polar surface area (TPSA) is 49.4 Å². The van der Waals surface area contributed by atoms with Gasteiger partial charge in [-0.3, -0.25) is 9.59 Å². The summed E-state index contributed by atoms with van der Waals surface area (Å²) in [5, 5.41) is 2.97. The Morgan fingerprint density at radius 1 is 1.35 bits per heavy atom. The van der Waals surface area contributed by atoms with Crippen molar-refractivity contribution in [1.29, 1.82) is 0 Å². The van der Waals surface area contributed by atoms with Crippen LogP contribution in [0.5, 0.6) is 0 Å². The van der Waals surface area contributed by atoms with Crippen LogP contribution < -0.4 is 5.32 Å². The lowest BCUT2D eigenvalue weighted by molar-refractivity contribution is -0.162. The van der Waals surface area contributed by atoms with Crippen LogP contribution in [0, 0.1) is 5.92 Å². The van der Waals surface area contributed by atoms with Gasteiger partial charge in [0.1, 0.15) is 11.1 Å². The molecule has 1 heterocycles. The number of nitrogens with zero attached hydrogens (tertiary/aromatic N) is 1. The van der Waals surface area contributed by atoms with Gasteiger partial charge < -0.3 is 10.2 Å². The van der Waals surface area contributed by atoms with Gasteiger partial charge in [0.05, 0.1) is 0 Å². The van der Waals surface area contributed by atoms with Crippen LogP contribution in [0.1, 0.15) is 53.9 Å². The SMILES string of the molecule is CCC1(C)NC(=O)C(C)(C2CC2)N(CC=C(C)C)C1=O. The third kappa shape index (κ3) is 2.25. The van der Waals surface area contributed by atoms with Crippen LogP contribution >= 0.6 is 0 Å². The zero-order chi connectivity index (χ0) is 15.1. The van der Waals surface area contributed by atoms with Crippen LogP contribution in [-0.4, -0.2) is 34.3 Å². The van der Waals surface area contributed by atoms with Gasteiger partial charge in [-0.05, 0) is 52.9 Å². The number of hydrogen-bond acceptors (Lipinski definition) is 2. The van der Waals surface area contributed by atoms with E-state index in [0.29, 0.717) is 18.9 Å². The zero-order valence-corrected chi connectivity index (χ0v) is 13.2. The van der Waals surface area contributed by atoms with E-state index >= 15 is 0 Å². The van der Waals surface area contributed by atoms with Gasteiger partial charge in [0.15, 0.2) is 0 Å². The van der Waals surface area contributed by atoms with E-state index in [4.69, 9.17) is 0 Å². The molecule has 0 aromatic heterocycles. The Morgan fingerprint density at radius 3 is 2.40 bits per heavy atom. The Labute approximate surface area is 121 Å². The second-order valence-electron chi connectivity index (χ2n) is 6.76. The largest absolute Gasteiger partial charge is 0.340 e. The van der Waals surface area contributed by atoms with Crippen molar-refractivity contribution in [1.82, 2.24) is 10.2 Å². The van der Waals surface area contributed by atoms with Crippen LogP contribution in [0.4, 0.5) is 0 Å². The predicted molar refractivity (Wildman–Crippen MR) is 79.1 cm³/mol. The van der Waals surface area contributed by atoms with Crippen molar-refractivity contribution in [2.45, 2.75) is 65.0 Å². The summed E-state index contributed by atoms with van der Waals surface area (Å²) in [5.74, 6) is 0.357. The highest BCUT2D eigenvalue weighted by molar-refractivity contribution is 6.02. The van der Waals surface area contributed by atoms with E-state index in [1.807, 2.05) is 40.7 Å². The first-order chi connectivity index (χ1) is 9.25. The Hall–Kier alpha value is -1.32. The Kier molecular flexibility index (Phi) is 3.69. The fraction of sp³-hybridized carbons (Fsp3) is 0.750. The maximum Gasteiger partial charge on any atom is 0.249 e. The fourth-order valence-electron chi connectivity index (χ4n) is 2.90. The molecule has 2 aliphatic rings. The number of piperazine rings is 1.